The number of anilines is 2. The van der Waals surface area contributed by atoms with Crippen molar-refractivity contribution in [2.24, 2.45) is 0 Å². The first-order valence-electron chi connectivity index (χ1n) is 9.40. The molecule has 0 radical (unpaired) electrons. The number of imidazole rings is 1. The summed E-state index contributed by atoms with van der Waals surface area (Å²) >= 11 is 0. The maximum atomic E-state index is 13.0. The molecule has 0 bridgehead atoms. The van der Waals surface area contributed by atoms with Crippen LogP contribution in [0.4, 0.5) is 11.6 Å². The summed E-state index contributed by atoms with van der Waals surface area (Å²) in [6.07, 6.45) is 0. The number of ether oxygens (including phenoxy) is 1. The molecule has 0 saturated carbocycles. The predicted molar refractivity (Wildman–Crippen MR) is 119 cm³/mol. The van der Waals surface area contributed by atoms with Gasteiger partial charge < -0.3 is 9.72 Å². The summed E-state index contributed by atoms with van der Waals surface area (Å²) in [6, 6.07) is 18.6. The lowest BCUT2D eigenvalue weighted by Crippen LogP contribution is -2.17. The number of para-hydroxylation sites is 4. The average molecular weight is 436 g/mol. The molecule has 0 unspecified atom stereocenters. The number of nitrogens with zero attached hydrogens (tertiary/aromatic N) is 1. The number of carbonyl (C=O) groups excluding carboxylic acids is 1. The highest BCUT2D eigenvalue weighted by molar-refractivity contribution is 7.92. The van der Waals surface area contributed by atoms with E-state index in [2.05, 4.69) is 20.0 Å². The van der Waals surface area contributed by atoms with E-state index in [1.54, 1.807) is 43.3 Å². The van der Waals surface area contributed by atoms with Gasteiger partial charge in [0.05, 0.1) is 28.7 Å². The SMILES string of the molecule is COc1ccccc1NS(=O)(=O)c1cc(C(=O)Nc2nc3ccccc3[nH]2)ccc1C. The van der Waals surface area contributed by atoms with Gasteiger partial charge in [0, 0.05) is 5.56 Å². The first-order valence-corrected chi connectivity index (χ1v) is 10.9. The number of nitrogens with one attached hydrogen (secondary N) is 3. The fraction of sp³-hybridized carbons (Fsp3) is 0.0909. The van der Waals surface area contributed by atoms with Gasteiger partial charge in [-0.3, -0.25) is 14.8 Å². The van der Waals surface area contributed by atoms with Crippen molar-refractivity contribution >= 4 is 38.6 Å². The number of amides is 1. The number of aromatic amines is 1. The van der Waals surface area contributed by atoms with Crippen LogP contribution in [-0.2, 0) is 10.0 Å². The number of rotatable bonds is 6. The normalized spacial score (nSPS) is 11.3. The lowest BCUT2D eigenvalue weighted by atomic mass is 10.1. The molecule has 3 aromatic carbocycles. The van der Waals surface area contributed by atoms with Crippen molar-refractivity contribution < 1.29 is 17.9 Å². The molecule has 1 aromatic heterocycles. The van der Waals surface area contributed by atoms with Gasteiger partial charge in [0.15, 0.2) is 0 Å². The first-order chi connectivity index (χ1) is 14.9. The van der Waals surface area contributed by atoms with E-state index in [1.165, 1.54) is 13.2 Å². The summed E-state index contributed by atoms with van der Waals surface area (Å²) in [5, 5.41) is 2.67. The summed E-state index contributed by atoms with van der Waals surface area (Å²) in [5.41, 5.74) is 2.49. The zero-order valence-corrected chi connectivity index (χ0v) is 17.7. The highest BCUT2D eigenvalue weighted by atomic mass is 32.2. The highest BCUT2D eigenvalue weighted by Crippen LogP contribution is 2.27. The van der Waals surface area contributed by atoms with Crippen molar-refractivity contribution in [3.05, 3.63) is 77.9 Å². The van der Waals surface area contributed by atoms with Crippen LogP contribution in [0, 0.1) is 6.92 Å². The van der Waals surface area contributed by atoms with Gasteiger partial charge in [-0.15, -0.1) is 0 Å². The molecule has 0 spiro atoms. The lowest BCUT2D eigenvalue weighted by Gasteiger charge is -2.14. The van der Waals surface area contributed by atoms with Crippen molar-refractivity contribution in [2.45, 2.75) is 11.8 Å². The largest absolute Gasteiger partial charge is 0.495 e. The lowest BCUT2D eigenvalue weighted by molar-refractivity contribution is 0.102. The number of fused-ring (bicyclic) bond motifs is 1. The van der Waals surface area contributed by atoms with Gasteiger partial charge in [0.25, 0.3) is 15.9 Å². The Balaban J connectivity index is 1.62. The van der Waals surface area contributed by atoms with E-state index in [4.69, 9.17) is 4.74 Å². The molecular formula is C22H20N4O4S. The first kappa shape index (κ1) is 20.4. The molecule has 0 aliphatic heterocycles. The number of hydrogen-bond acceptors (Lipinski definition) is 5. The Morgan fingerprint density at radius 1 is 1.03 bits per heavy atom. The van der Waals surface area contributed by atoms with Crippen LogP contribution in [0.25, 0.3) is 11.0 Å². The molecule has 1 heterocycles. The van der Waals surface area contributed by atoms with E-state index in [-0.39, 0.29) is 16.4 Å². The number of hydrogen-bond donors (Lipinski definition) is 3. The number of aryl methyl sites for hydroxylation is 1. The van der Waals surface area contributed by atoms with E-state index >= 15 is 0 Å². The average Bonchev–Trinajstić information content (AvgIpc) is 3.16. The van der Waals surface area contributed by atoms with Crippen molar-refractivity contribution in [2.75, 3.05) is 17.1 Å². The zero-order valence-electron chi connectivity index (χ0n) is 16.8. The fourth-order valence-electron chi connectivity index (χ4n) is 3.15. The number of aromatic nitrogens is 2. The molecule has 0 aliphatic carbocycles. The molecule has 0 fully saturated rings. The number of H-pyrrole nitrogens is 1. The van der Waals surface area contributed by atoms with E-state index in [0.717, 1.165) is 5.52 Å². The van der Waals surface area contributed by atoms with Gasteiger partial charge in [-0.1, -0.05) is 30.3 Å². The van der Waals surface area contributed by atoms with Gasteiger partial charge in [0.1, 0.15) is 5.75 Å². The summed E-state index contributed by atoms with van der Waals surface area (Å²) in [5.74, 6) is 0.193. The Morgan fingerprint density at radius 3 is 2.55 bits per heavy atom. The predicted octanol–water partition coefficient (Wildman–Crippen LogP) is 3.93. The third kappa shape index (κ3) is 4.22. The van der Waals surface area contributed by atoms with Crippen molar-refractivity contribution in [1.82, 2.24) is 9.97 Å². The molecule has 1 amide bonds. The van der Waals surface area contributed by atoms with Crippen LogP contribution >= 0.6 is 0 Å². The molecule has 4 aromatic rings. The topological polar surface area (TPSA) is 113 Å². The van der Waals surface area contributed by atoms with Crippen LogP contribution < -0.4 is 14.8 Å². The van der Waals surface area contributed by atoms with Gasteiger partial charge in [-0.2, -0.15) is 0 Å². The van der Waals surface area contributed by atoms with Crippen LogP contribution in [0.3, 0.4) is 0 Å². The number of benzene rings is 3. The van der Waals surface area contributed by atoms with Crippen LogP contribution in [0.15, 0.2) is 71.6 Å². The number of carbonyl (C=O) groups is 1. The fourth-order valence-corrected chi connectivity index (χ4v) is 4.49. The maximum Gasteiger partial charge on any atom is 0.262 e. The summed E-state index contributed by atoms with van der Waals surface area (Å²) in [6.45, 7) is 1.66. The molecule has 9 heteroatoms. The van der Waals surface area contributed by atoms with E-state index in [9.17, 15) is 13.2 Å². The molecule has 158 valence electrons. The van der Waals surface area contributed by atoms with E-state index in [0.29, 0.717) is 22.5 Å². The molecule has 4 rings (SSSR count). The minimum absolute atomic E-state index is 0.00402. The van der Waals surface area contributed by atoms with Gasteiger partial charge >= 0.3 is 0 Å². The minimum atomic E-state index is -3.96. The molecule has 8 nitrogen and oxygen atoms in total. The zero-order chi connectivity index (χ0) is 22.0. The Kier molecular flexibility index (Phi) is 5.35. The minimum Gasteiger partial charge on any atom is -0.495 e. The monoisotopic (exact) mass is 436 g/mol. The highest BCUT2D eigenvalue weighted by Gasteiger charge is 2.21. The summed E-state index contributed by atoms with van der Waals surface area (Å²) < 4.78 is 33.8. The summed E-state index contributed by atoms with van der Waals surface area (Å²) in [4.78, 5) is 20.0. The molecule has 0 saturated heterocycles. The molecule has 31 heavy (non-hydrogen) atoms. The third-order valence-corrected chi connectivity index (χ3v) is 6.22. The van der Waals surface area contributed by atoms with Crippen LogP contribution in [-0.4, -0.2) is 31.4 Å². The second kappa shape index (κ2) is 8.11. The van der Waals surface area contributed by atoms with Crippen molar-refractivity contribution in [3.63, 3.8) is 0 Å². The van der Waals surface area contributed by atoms with Crippen LogP contribution in [0.1, 0.15) is 15.9 Å². The second-order valence-corrected chi connectivity index (χ2v) is 8.49. The van der Waals surface area contributed by atoms with Gasteiger partial charge in [-0.25, -0.2) is 13.4 Å². The third-order valence-electron chi connectivity index (χ3n) is 4.71. The Morgan fingerprint density at radius 2 is 1.77 bits per heavy atom. The standard InChI is InChI=1S/C22H20N4O4S/c1-14-11-12-15(21(27)25-22-23-16-7-3-4-8-17(16)24-22)13-20(14)31(28,29)26-18-9-5-6-10-19(18)30-2/h3-13,26H,1-2H3,(H2,23,24,25,27). The quantitative estimate of drug-likeness (QED) is 0.424. The van der Waals surface area contributed by atoms with Crippen LogP contribution in [0.5, 0.6) is 5.75 Å². The number of sulfonamides is 1. The van der Waals surface area contributed by atoms with E-state index in [1.807, 2.05) is 24.3 Å². The molecule has 3 N–H and O–H groups in total. The molecular weight excluding hydrogens is 416 g/mol. The summed E-state index contributed by atoms with van der Waals surface area (Å²) in [7, 11) is -2.50. The van der Waals surface area contributed by atoms with Gasteiger partial charge in [0.2, 0.25) is 5.95 Å². The Bertz CT molecular complexity index is 1350. The molecule has 0 atom stereocenters. The van der Waals surface area contributed by atoms with Crippen molar-refractivity contribution in [1.29, 1.82) is 0 Å². The van der Waals surface area contributed by atoms with E-state index < -0.39 is 15.9 Å². The van der Waals surface area contributed by atoms with Gasteiger partial charge in [-0.05, 0) is 48.9 Å². The van der Waals surface area contributed by atoms with Crippen LogP contribution in [0.2, 0.25) is 0 Å². The smallest absolute Gasteiger partial charge is 0.262 e. The second-order valence-electron chi connectivity index (χ2n) is 6.84. The number of methoxy groups -OCH3 is 1. The maximum absolute atomic E-state index is 13.0. The Labute approximate surface area is 179 Å². The Hall–Kier alpha value is -3.85. The van der Waals surface area contributed by atoms with Crippen molar-refractivity contribution in [3.8, 4) is 5.75 Å². The molecule has 0 aliphatic rings.